The molecule has 1 amide bonds. The van der Waals surface area contributed by atoms with E-state index in [1.807, 2.05) is 12.2 Å². The van der Waals surface area contributed by atoms with Crippen molar-refractivity contribution in [2.24, 2.45) is 11.7 Å². The zero-order valence-electron chi connectivity index (χ0n) is 9.22. The molecule has 5 heteroatoms. The van der Waals surface area contributed by atoms with Crippen LogP contribution >= 0.6 is 0 Å². The normalized spacial score (nSPS) is 33.9. The van der Waals surface area contributed by atoms with Crippen LogP contribution in [0.4, 0.5) is 0 Å². The maximum absolute atomic E-state index is 11.7. The molecule has 3 unspecified atom stereocenters. The third-order valence-electron chi connectivity index (χ3n) is 2.84. The molecule has 0 spiro atoms. The molecule has 2 aliphatic rings. The Morgan fingerprint density at radius 2 is 2.31 bits per heavy atom. The molecule has 0 bridgehead atoms. The van der Waals surface area contributed by atoms with E-state index >= 15 is 0 Å². The molecule has 0 aromatic heterocycles. The smallest absolute Gasteiger partial charge is 0.227 e. The second-order valence-electron chi connectivity index (χ2n) is 4.20. The molecule has 0 radical (unpaired) electrons. The molecule has 16 heavy (non-hydrogen) atoms. The quantitative estimate of drug-likeness (QED) is 0.632. The minimum atomic E-state index is -0.0838. The van der Waals surface area contributed by atoms with E-state index in [-0.39, 0.29) is 24.0 Å². The maximum Gasteiger partial charge on any atom is 0.227 e. The molecule has 1 aliphatic carbocycles. The summed E-state index contributed by atoms with van der Waals surface area (Å²) in [6.07, 6.45) is 4.44. The Bertz CT molecular complexity index is 274. The van der Waals surface area contributed by atoms with Crippen LogP contribution in [0.3, 0.4) is 0 Å². The molecule has 1 aliphatic heterocycles. The maximum atomic E-state index is 11.7. The molecule has 0 aromatic rings. The Morgan fingerprint density at radius 1 is 1.44 bits per heavy atom. The van der Waals surface area contributed by atoms with Crippen LogP contribution in [-0.4, -0.2) is 44.4 Å². The number of nitrogens with one attached hydrogen (secondary N) is 1. The van der Waals surface area contributed by atoms with Gasteiger partial charge in [-0.3, -0.25) is 4.79 Å². The van der Waals surface area contributed by atoms with Gasteiger partial charge in [0.05, 0.1) is 31.8 Å². The summed E-state index contributed by atoms with van der Waals surface area (Å²) in [5.74, 6) is -0.0575. The van der Waals surface area contributed by atoms with Gasteiger partial charge in [-0.25, -0.2) is 0 Å². The number of ether oxygens (including phenoxy) is 2. The van der Waals surface area contributed by atoms with Crippen molar-refractivity contribution in [1.82, 2.24) is 5.32 Å². The Hall–Kier alpha value is -0.910. The standard InChI is InChI=1S/C11H18N2O3/c12-9-2-1-8(5-9)11(14)13-6-10-7-15-3-4-16-10/h1-2,8-10H,3-7,12H2,(H,13,14). The fourth-order valence-electron chi connectivity index (χ4n) is 1.92. The van der Waals surface area contributed by atoms with Gasteiger partial charge in [-0.2, -0.15) is 0 Å². The number of rotatable bonds is 3. The Kier molecular flexibility index (Phi) is 3.93. The molecule has 5 nitrogen and oxygen atoms in total. The highest BCUT2D eigenvalue weighted by molar-refractivity contribution is 5.81. The summed E-state index contributed by atoms with van der Waals surface area (Å²) in [6.45, 7) is 2.32. The number of hydrogen-bond acceptors (Lipinski definition) is 4. The molecule has 2 rings (SSSR count). The van der Waals surface area contributed by atoms with Crippen molar-refractivity contribution in [3.63, 3.8) is 0 Å². The summed E-state index contributed by atoms with van der Waals surface area (Å²) in [6, 6.07) is 0.0185. The Morgan fingerprint density at radius 3 is 2.94 bits per heavy atom. The van der Waals surface area contributed by atoms with Crippen LogP contribution in [0.1, 0.15) is 6.42 Å². The van der Waals surface area contributed by atoms with E-state index in [9.17, 15) is 4.79 Å². The van der Waals surface area contributed by atoms with Crippen molar-refractivity contribution in [1.29, 1.82) is 0 Å². The Labute approximate surface area is 95.0 Å². The van der Waals surface area contributed by atoms with Crippen LogP contribution < -0.4 is 11.1 Å². The van der Waals surface area contributed by atoms with Crippen molar-refractivity contribution in [3.8, 4) is 0 Å². The first kappa shape index (κ1) is 11.6. The summed E-state index contributed by atoms with van der Waals surface area (Å²) in [7, 11) is 0. The first-order valence-corrected chi connectivity index (χ1v) is 5.66. The number of hydrogen-bond donors (Lipinski definition) is 2. The fraction of sp³-hybridized carbons (Fsp3) is 0.727. The van der Waals surface area contributed by atoms with Gasteiger partial charge in [0.1, 0.15) is 0 Å². The largest absolute Gasteiger partial charge is 0.376 e. The zero-order valence-corrected chi connectivity index (χ0v) is 9.22. The van der Waals surface area contributed by atoms with Crippen LogP contribution in [0.2, 0.25) is 0 Å². The summed E-state index contributed by atoms with van der Waals surface area (Å²) < 4.78 is 10.7. The first-order valence-electron chi connectivity index (χ1n) is 5.66. The van der Waals surface area contributed by atoms with E-state index in [1.54, 1.807) is 0 Å². The van der Waals surface area contributed by atoms with Crippen molar-refractivity contribution >= 4 is 5.91 Å². The van der Waals surface area contributed by atoms with Gasteiger partial charge < -0.3 is 20.5 Å². The van der Waals surface area contributed by atoms with Gasteiger partial charge in [-0.15, -0.1) is 0 Å². The van der Waals surface area contributed by atoms with Gasteiger partial charge in [0.25, 0.3) is 0 Å². The topological polar surface area (TPSA) is 73.6 Å². The third-order valence-corrected chi connectivity index (χ3v) is 2.84. The fourth-order valence-corrected chi connectivity index (χ4v) is 1.92. The molecular formula is C11H18N2O3. The predicted molar refractivity (Wildman–Crippen MR) is 58.8 cm³/mol. The van der Waals surface area contributed by atoms with Crippen molar-refractivity contribution in [2.45, 2.75) is 18.6 Å². The molecule has 3 atom stereocenters. The van der Waals surface area contributed by atoms with Gasteiger partial charge in [0.2, 0.25) is 5.91 Å². The molecular weight excluding hydrogens is 208 g/mol. The number of nitrogens with two attached hydrogens (primary N) is 1. The van der Waals surface area contributed by atoms with E-state index in [0.29, 0.717) is 32.8 Å². The van der Waals surface area contributed by atoms with Gasteiger partial charge in [0.15, 0.2) is 0 Å². The SMILES string of the molecule is NC1C=CC(C(=O)NCC2COCCO2)C1. The highest BCUT2D eigenvalue weighted by Crippen LogP contribution is 2.16. The van der Waals surface area contributed by atoms with Gasteiger partial charge >= 0.3 is 0 Å². The van der Waals surface area contributed by atoms with Crippen molar-refractivity contribution in [3.05, 3.63) is 12.2 Å². The number of amides is 1. The van der Waals surface area contributed by atoms with Gasteiger partial charge in [0, 0.05) is 12.6 Å². The van der Waals surface area contributed by atoms with E-state index in [1.165, 1.54) is 0 Å². The first-order chi connectivity index (χ1) is 7.75. The predicted octanol–water partition coefficient (Wildman–Crippen LogP) is -0.579. The molecule has 1 fully saturated rings. The van der Waals surface area contributed by atoms with E-state index in [4.69, 9.17) is 15.2 Å². The lowest BCUT2D eigenvalue weighted by atomic mass is 10.1. The van der Waals surface area contributed by atoms with Gasteiger partial charge in [-0.1, -0.05) is 12.2 Å². The summed E-state index contributed by atoms with van der Waals surface area (Å²) in [4.78, 5) is 11.7. The lowest BCUT2D eigenvalue weighted by molar-refractivity contribution is -0.126. The van der Waals surface area contributed by atoms with Crippen LogP contribution in [0.25, 0.3) is 0 Å². The van der Waals surface area contributed by atoms with Crippen LogP contribution in [0.15, 0.2) is 12.2 Å². The molecule has 0 aromatic carbocycles. The van der Waals surface area contributed by atoms with E-state index in [2.05, 4.69) is 5.32 Å². The highest BCUT2D eigenvalue weighted by Gasteiger charge is 2.23. The molecule has 90 valence electrons. The summed E-state index contributed by atoms with van der Waals surface area (Å²) in [5, 5.41) is 2.86. The second-order valence-corrected chi connectivity index (χ2v) is 4.20. The number of carbonyl (C=O) groups excluding carboxylic acids is 1. The summed E-state index contributed by atoms with van der Waals surface area (Å²) in [5.41, 5.74) is 5.69. The zero-order chi connectivity index (χ0) is 11.4. The van der Waals surface area contributed by atoms with E-state index in [0.717, 1.165) is 0 Å². The minimum absolute atomic E-state index is 0.0169. The Balaban J connectivity index is 1.69. The third kappa shape index (κ3) is 3.04. The lowest BCUT2D eigenvalue weighted by Crippen LogP contribution is -2.41. The minimum Gasteiger partial charge on any atom is -0.376 e. The second kappa shape index (κ2) is 5.43. The monoisotopic (exact) mass is 226 g/mol. The lowest BCUT2D eigenvalue weighted by Gasteiger charge is -2.23. The molecule has 1 saturated heterocycles. The highest BCUT2D eigenvalue weighted by atomic mass is 16.6. The van der Waals surface area contributed by atoms with Crippen molar-refractivity contribution in [2.75, 3.05) is 26.4 Å². The van der Waals surface area contributed by atoms with Gasteiger partial charge in [-0.05, 0) is 6.42 Å². The molecule has 3 N–H and O–H groups in total. The average Bonchev–Trinajstić information content (AvgIpc) is 2.74. The molecule has 1 heterocycles. The van der Waals surface area contributed by atoms with Crippen LogP contribution in [-0.2, 0) is 14.3 Å². The average molecular weight is 226 g/mol. The molecule has 0 saturated carbocycles. The summed E-state index contributed by atoms with van der Waals surface area (Å²) >= 11 is 0. The van der Waals surface area contributed by atoms with Crippen LogP contribution in [0, 0.1) is 5.92 Å². The van der Waals surface area contributed by atoms with Crippen LogP contribution in [0.5, 0.6) is 0 Å². The van der Waals surface area contributed by atoms with Crippen molar-refractivity contribution < 1.29 is 14.3 Å². The van der Waals surface area contributed by atoms with E-state index < -0.39 is 0 Å². The number of carbonyl (C=O) groups is 1.